The second-order valence-electron chi connectivity index (χ2n) is 5.54. The lowest BCUT2D eigenvalue weighted by molar-refractivity contribution is -0.140. The number of aliphatic carboxylic acids is 1. The van der Waals surface area contributed by atoms with Crippen molar-refractivity contribution >= 4 is 12.0 Å². The van der Waals surface area contributed by atoms with Crippen molar-refractivity contribution in [1.29, 1.82) is 0 Å². The second-order valence-corrected chi connectivity index (χ2v) is 5.54. The third-order valence-electron chi connectivity index (χ3n) is 3.55. The Hall–Kier alpha value is -2.04. The fourth-order valence-electron chi connectivity index (χ4n) is 2.29. The van der Waals surface area contributed by atoms with E-state index in [2.05, 4.69) is 10.6 Å². The van der Waals surface area contributed by atoms with Crippen LogP contribution in [-0.4, -0.2) is 29.2 Å². The Morgan fingerprint density at radius 1 is 1.25 bits per heavy atom. The Bertz CT molecular complexity index is 487. The van der Waals surface area contributed by atoms with E-state index in [0.29, 0.717) is 5.92 Å². The zero-order chi connectivity index (χ0) is 14.7. The van der Waals surface area contributed by atoms with E-state index in [0.717, 1.165) is 6.42 Å². The van der Waals surface area contributed by atoms with Gasteiger partial charge in [-0.05, 0) is 17.9 Å². The number of hydrogen-bond donors (Lipinski definition) is 3. The molecule has 5 nitrogen and oxygen atoms in total. The van der Waals surface area contributed by atoms with Crippen LogP contribution in [0.25, 0.3) is 0 Å². The topological polar surface area (TPSA) is 78.4 Å². The van der Waals surface area contributed by atoms with Gasteiger partial charge < -0.3 is 15.7 Å². The molecule has 3 atom stereocenters. The average Bonchev–Trinajstić information content (AvgIpc) is 3.15. The molecule has 1 saturated carbocycles. The highest BCUT2D eigenvalue weighted by Gasteiger charge is 2.39. The highest BCUT2D eigenvalue weighted by Crippen LogP contribution is 2.40. The summed E-state index contributed by atoms with van der Waals surface area (Å²) in [7, 11) is 0. The SMILES string of the molecule is CC(C)[C@H](NC(=O)NC1CC1c1ccccc1)C(=O)O. The van der Waals surface area contributed by atoms with Crippen molar-refractivity contribution in [3.05, 3.63) is 35.9 Å². The van der Waals surface area contributed by atoms with Crippen LogP contribution in [0, 0.1) is 5.92 Å². The van der Waals surface area contributed by atoms with Crippen LogP contribution < -0.4 is 10.6 Å². The van der Waals surface area contributed by atoms with Gasteiger partial charge in [-0.2, -0.15) is 0 Å². The first kappa shape index (κ1) is 14.4. The zero-order valence-electron chi connectivity index (χ0n) is 11.7. The van der Waals surface area contributed by atoms with Gasteiger partial charge in [-0.3, -0.25) is 0 Å². The van der Waals surface area contributed by atoms with Crippen molar-refractivity contribution in [2.75, 3.05) is 0 Å². The fourth-order valence-corrected chi connectivity index (χ4v) is 2.29. The van der Waals surface area contributed by atoms with Gasteiger partial charge in [0.25, 0.3) is 0 Å². The Kier molecular flexibility index (Phi) is 4.27. The molecule has 2 rings (SSSR count). The van der Waals surface area contributed by atoms with Crippen LogP contribution in [0.4, 0.5) is 4.79 Å². The van der Waals surface area contributed by atoms with E-state index in [4.69, 9.17) is 5.11 Å². The summed E-state index contributed by atoms with van der Waals surface area (Å²) in [5.41, 5.74) is 1.21. The molecule has 1 aromatic rings. The lowest BCUT2D eigenvalue weighted by atomic mass is 10.1. The van der Waals surface area contributed by atoms with Crippen molar-refractivity contribution < 1.29 is 14.7 Å². The largest absolute Gasteiger partial charge is 0.480 e. The van der Waals surface area contributed by atoms with Crippen LogP contribution in [0.15, 0.2) is 30.3 Å². The lowest BCUT2D eigenvalue weighted by Gasteiger charge is -2.18. The summed E-state index contributed by atoms with van der Waals surface area (Å²) in [6.07, 6.45) is 0.900. The molecule has 20 heavy (non-hydrogen) atoms. The summed E-state index contributed by atoms with van der Waals surface area (Å²) < 4.78 is 0. The maximum absolute atomic E-state index is 11.8. The van der Waals surface area contributed by atoms with Crippen molar-refractivity contribution in [1.82, 2.24) is 10.6 Å². The molecule has 0 bridgehead atoms. The molecule has 0 radical (unpaired) electrons. The molecule has 2 unspecified atom stereocenters. The first-order chi connectivity index (χ1) is 9.49. The number of amides is 2. The standard InChI is InChI=1S/C15H20N2O3/c1-9(2)13(14(18)19)17-15(20)16-12-8-11(12)10-6-4-3-5-7-10/h3-7,9,11-13H,8H2,1-2H3,(H,18,19)(H2,16,17,20)/t11?,12?,13-/m0/s1. The average molecular weight is 276 g/mol. The molecule has 1 fully saturated rings. The molecule has 1 aromatic carbocycles. The number of carboxylic acid groups (broad SMARTS) is 1. The van der Waals surface area contributed by atoms with Gasteiger partial charge in [-0.25, -0.2) is 9.59 Å². The van der Waals surface area contributed by atoms with Gasteiger partial charge in [-0.15, -0.1) is 0 Å². The molecule has 108 valence electrons. The van der Waals surface area contributed by atoms with E-state index in [1.807, 2.05) is 30.3 Å². The predicted octanol–water partition coefficient (Wildman–Crippen LogP) is 1.95. The molecule has 0 heterocycles. The van der Waals surface area contributed by atoms with Crippen molar-refractivity contribution in [3.63, 3.8) is 0 Å². The Labute approximate surface area is 118 Å². The van der Waals surface area contributed by atoms with E-state index < -0.39 is 18.0 Å². The summed E-state index contributed by atoms with van der Waals surface area (Å²) in [6, 6.07) is 8.82. The van der Waals surface area contributed by atoms with Crippen LogP contribution >= 0.6 is 0 Å². The molecular weight excluding hydrogens is 256 g/mol. The number of nitrogens with one attached hydrogen (secondary N) is 2. The maximum Gasteiger partial charge on any atom is 0.326 e. The number of rotatable bonds is 5. The third-order valence-corrected chi connectivity index (χ3v) is 3.55. The first-order valence-electron chi connectivity index (χ1n) is 6.84. The molecule has 0 aromatic heterocycles. The zero-order valence-corrected chi connectivity index (χ0v) is 11.7. The van der Waals surface area contributed by atoms with E-state index in [-0.39, 0.29) is 12.0 Å². The van der Waals surface area contributed by atoms with Crippen molar-refractivity contribution in [2.45, 2.75) is 38.3 Å². The van der Waals surface area contributed by atoms with Crippen LogP contribution in [-0.2, 0) is 4.79 Å². The van der Waals surface area contributed by atoms with E-state index in [1.165, 1.54) is 5.56 Å². The predicted molar refractivity (Wildman–Crippen MR) is 75.5 cm³/mol. The molecule has 1 aliphatic carbocycles. The van der Waals surface area contributed by atoms with Gasteiger partial charge >= 0.3 is 12.0 Å². The number of carbonyl (C=O) groups is 2. The normalized spacial score (nSPS) is 22.1. The van der Waals surface area contributed by atoms with Gasteiger partial charge in [0.1, 0.15) is 6.04 Å². The maximum atomic E-state index is 11.8. The highest BCUT2D eigenvalue weighted by atomic mass is 16.4. The van der Waals surface area contributed by atoms with E-state index in [9.17, 15) is 9.59 Å². The minimum absolute atomic E-state index is 0.0963. The highest BCUT2D eigenvalue weighted by molar-refractivity contribution is 5.83. The third kappa shape index (κ3) is 3.50. The minimum Gasteiger partial charge on any atom is -0.480 e. The van der Waals surface area contributed by atoms with Gasteiger partial charge in [0, 0.05) is 12.0 Å². The van der Waals surface area contributed by atoms with Gasteiger partial charge in [-0.1, -0.05) is 44.2 Å². The molecule has 1 aliphatic rings. The number of hydrogen-bond acceptors (Lipinski definition) is 2. The van der Waals surface area contributed by atoms with Gasteiger partial charge in [0.15, 0.2) is 0 Å². The summed E-state index contributed by atoms with van der Waals surface area (Å²) in [4.78, 5) is 22.8. The molecule has 0 saturated heterocycles. The van der Waals surface area contributed by atoms with Gasteiger partial charge in [0.2, 0.25) is 0 Å². The Morgan fingerprint density at radius 3 is 2.45 bits per heavy atom. The smallest absolute Gasteiger partial charge is 0.326 e. The van der Waals surface area contributed by atoms with Crippen molar-refractivity contribution in [3.8, 4) is 0 Å². The van der Waals surface area contributed by atoms with E-state index in [1.54, 1.807) is 13.8 Å². The minimum atomic E-state index is -1.01. The number of urea groups is 1. The summed E-state index contributed by atoms with van der Waals surface area (Å²) >= 11 is 0. The summed E-state index contributed by atoms with van der Waals surface area (Å²) in [6.45, 7) is 3.53. The van der Waals surface area contributed by atoms with Crippen LogP contribution in [0.5, 0.6) is 0 Å². The van der Waals surface area contributed by atoms with Crippen molar-refractivity contribution in [2.24, 2.45) is 5.92 Å². The summed E-state index contributed by atoms with van der Waals surface area (Å²) in [5.74, 6) is -0.822. The number of carboxylic acids is 1. The second kappa shape index (κ2) is 5.94. The summed E-state index contributed by atoms with van der Waals surface area (Å²) in [5, 5.41) is 14.4. The molecule has 2 amide bonds. The number of carbonyl (C=O) groups excluding carboxylic acids is 1. The fraction of sp³-hybridized carbons (Fsp3) is 0.467. The lowest BCUT2D eigenvalue weighted by Crippen LogP contribution is -2.49. The Morgan fingerprint density at radius 2 is 1.90 bits per heavy atom. The molecule has 0 spiro atoms. The molecule has 5 heteroatoms. The molecule has 0 aliphatic heterocycles. The van der Waals surface area contributed by atoms with E-state index >= 15 is 0 Å². The monoisotopic (exact) mass is 276 g/mol. The van der Waals surface area contributed by atoms with Gasteiger partial charge in [0.05, 0.1) is 0 Å². The number of benzene rings is 1. The van der Waals surface area contributed by atoms with Crippen LogP contribution in [0.2, 0.25) is 0 Å². The molecular formula is C15H20N2O3. The quantitative estimate of drug-likeness (QED) is 0.769. The van der Waals surface area contributed by atoms with Crippen LogP contribution in [0.3, 0.4) is 0 Å². The Balaban J connectivity index is 1.83. The van der Waals surface area contributed by atoms with Crippen LogP contribution in [0.1, 0.15) is 31.7 Å². The molecule has 3 N–H and O–H groups in total. The first-order valence-corrected chi connectivity index (χ1v) is 6.84.